The van der Waals surface area contributed by atoms with Crippen LogP contribution in [0.3, 0.4) is 0 Å². The minimum atomic E-state index is 0.0978. The number of hydrogen-bond donors (Lipinski definition) is 1. The molecule has 0 rings (SSSR count). The number of carbonyl (C=O) groups excluding carboxylic acids is 1. The maximum Gasteiger partial charge on any atom is 0.220 e. The molecule has 0 saturated carbocycles. The van der Waals surface area contributed by atoms with Gasteiger partial charge < -0.3 is 5.32 Å². The van der Waals surface area contributed by atoms with E-state index >= 15 is 0 Å². The van der Waals surface area contributed by atoms with Crippen LogP contribution in [-0.4, -0.2) is 12.5 Å². The third-order valence-electron chi connectivity index (χ3n) is 4.04. The Morgan fingerprint density at radius 1 is 0.727 bits per heavy atom. The van der Waals surface area contributed by atoms with Gasteiger partial charge in [0.15, 0.2) is 0 Å². The van der Waals surface area contributed by atoms with E-state index in [9.17, 15) is 4.79 Å². The van der Waals surface area contributed by atoms with Crippen LogP contribution in [0, 0.1) is 5.41 Å². The summed E-state index contributed by atoms with van der Waals surface area (Å²) in [5.74, 6) is 0.204. The lowest BCUT2D eigenvalue weighted by Crippen LogP contribution is -2.28. The Hall–Kier alpha value is -0.530. The van der Waals surface area contributed by atoms with Crippen LogP contribution in [0.1, 0.15) is 111 Å². The summed E-state index contributed by atoms with van der Waals surface area (Å²) < 4.78 is 0. The SMILES string of the molecule is CCCCCCCCCCCCCCNC(=O)CC(C)(C)C. The molecule has 2 heteroatoms. The molecule has 0 aromatic carbocycles. The molecule has 0 atom stereocenters. The van der Waals surface area contributed by atoms with Gasteiger partial charge in [0.1, 0.15) is 0 Å². The molecule has 2 nitrogen and oxygen atoms in total. The summed E-state index contributed by atoms with van der Waals surface area (Å²) in [6.07, 6.45) is 17.0. The predicted octanol–water partition coefficient (Wildman–Crippen LogP) is 6.24. The lowest BCUT2D eigenvalue weighted by molar-refractivity contribution is -0.122. The number of carbonyl (C=O) groups is 1. The molecule has 0 aromatic heterocycles. The summed E-state index contributed by atoms with van der Waals surface area (Å²) in [5.41, 5.74) is 0.0978. The van der Waals surface area contributed by atoms with Gasteiger partial charge in [-0.3, -0.25) is 4.79 Å². The first-order valence-electron chi connectivity index (χ1n) is 9.72. The maximum atomic E-state index is 11.6. The van der Waals surface area contributed by atoms with Gasteiger partial charge in [0.05, 0.1) is 0 Å². The largest absolute Gasteiger partial charge is 0.356 e. The predicted molar refractivity (Wildman–Crippen MR) is 98.2 cm³/mol. The average Bonchev–Trinajstić information content (AvgIpc) is 2.42. The second-order valence-corrected chi connectivity index (χ2v) is 7.98. The van der Waals surface area contributed by atoms with Crippen molar-refractivity contribution in [3.05, 3.63) is 0 Å². The highest BCUT2D eigenvalue weighted by atomic mass is 16.1. The zero-order valence-electron chi connectivity index (χ0n) is 15.8. The molecular weight excluding hydrogens is 270 g/mol. The van der Waals surface area contributed by atoms with Crippen LogP contribution in [0.25, 0.3) is 0 Å². The van der Waals surface area contributed by atoms with Crippen LogP contribution in [0.15, 0.2) is 0 Å². The molecule has 0 unspecified atom stereocenters. The first-order valence-corrected chi connectivity index (χ1v) is 9.72. The van der Waals surface area contributed by atoms with Gasteiger partial charge in [0, 0.05) is 13.0 Å². The second-order valence-electron chi connectivity index (χ2n) is 7.98. The van der Waals surface area contributed by atoms with Gasteiger partial charge in [-0.15, -0.1) is 0 Å². The van der Waals surface area contributed by atoms with Crippen LogP contribution in [0.4, 0.5) is 0 Å². The zero-order valence-corrected chi connectivity index (χ0v) is 15.8. The van der Waals surface area contributed by atoms with Gasteiger partial charge in [-0.1, -0.05) is 98.3 Å². The summed E-state index contributed by atoms with van der Waals surface area (Å²) in [5, 5.41) is 3.04. The molecule has 0 aromatic rings. The Balaban J connectivity index is 3.16. The van der Waals surface area contributed by atoms with Crippen molar-refractivity contribution in [2.24, 2.45) is 5.41 Å². The fourth-order valence-corrected chi connectivity index (χ4v) is 2.74. The van der Waals surface area contributed by atoms with E-state index in [-0.39, 0.29) is 11.3 Å². The Kier molecular flexibility index (Phi) is 13.7. The van der Waals surface area contributed by atoms with Crippen LogP contribution >= 0.6 is 0 Å². The molecule has 0 aliphatic rings. The quantitative estimate of drug-likeness (QED) is 0.378. The van der Waals surface area contributed by atoms with Gasteiger partial charge in [0.25, 0.3) is 0 Å². The van der Waals surface area contributed by atoms with Crippen molar-refractivity contribution < 1.29 is 4.79 Å². The average molecular weight is 312 g/mol. The highest BCUT2D eigenvalue weighted by Crippen LogP contribution is 2.17. The third-order valence-corrected chi connectivity index (χ3v) is 4.04. The van der Waals surface area contributed by atoms with Crippen molar-refractivity contribution in [1.29, 1.82) is 0 Å². The maximum absolute atomic E-state index is 11.6. The van der Waals surface area contributed by atoms with Gasteiger partial charge in [-0.2, -0.15) is 0 Å². The monoisotopic (exact) mass is 311 g/mol. The van der Waals surface area contributed by atoms with Crippen molar-refractivity contribution in [3.63, 3.8) is 0 Å². The fraction of sp³-hybridized carbons (Fsp3) is 0.950. The van der Waals surface area contributed by atoms with E-state index in [1.54, 1.807) is 0 Å². The summed E-state index contributed by atoms with van der Waals surface area (Å²) >= 11 is 0. The Morgan fingerprint density at radius 2 is 1.14 bits per heavy atom. The van der Waals surface area contributed by atoms with Crippen LogP contribution in [0.5, 0.6) is 0 Å². The highest BCUT2D eigenvalue weighted by Gasteiger charge is 2.14. The minimum Gasteiger partial charge on any atom is -0.356 e. The Labute approximate surface area is 139 Å². The molecule has 0 aliphatic carbocycles. The molecular formula is C20H41NO. The van der Waals surface area contributed by atoms with Gasteiger partial charge in [0.2, 0.25) is 5.91 Å². The first-order chi connectivity index (χ1) is 10.5. The lowest BCUT2D eigenvalue weighted by atomic mass is 9.92. The number of unbranched alkanes of at least 4 members (excludes halogenated alkanes) is 11. The first kappa shape index (κ1) is 21.5. The molecule has 22 heavy (non-hydrogen) atoms. The van der Waals surface area contributed by atoms with Crippen molar-refractivity contribution in [2.75, 3.05) is 6.54 Å². The summed E-state index contributed by atoms with van der Waals surface area (Å²) in [4.78, 5) is 11.6. The zero-order chi connectivity index (χ0) is 16.7. The van der Waals surface area contributed by atoms with Crippen LogP contribution in [-0.2, 0) is 4.79 Å². The normalized spacial score (nSPS) is 11.6. The summed E-state index contributed by atoms with van der Waals surface area (Å²) in [6.45, 7) is 9.45. The molecule has 0 radical (unpaired) electrons. The molecule has 1 amide bonds. The van der Waals surface area contributed by atoms with E-state index in [0.717, 1.165) is 13.0 Å². The molecule has 0 aliphatic heterocycles. The molecule has 1 N–H and O–H groups in total. The van der Waals surface area contributed by atoms with E-state index < -0.39 is 0 Å². The van der Waals surface area contributed by atoms with Crippen LogP contribution in [0.2, 0.25) is 0 Å². The molecule has 132 valence electrons. The van der Waals surface area contributed by atoms with Crippen molar-refractivity contribution in [3.8, 4) is 0 Å². The van der Waals surface area contributed by atoms with E-state index in [1.807, 2.05) is 0 Å². The van der Waals surface area contributed by atoms with E-state index in [0.29, 0.717) is 6.42 Å². The number of nitrogens with one attached hydrogen (secondary N) is 1. The molecule has 0 saturated heterocycles. The highest BCUT2D eigenvalue weighted by molar-refractivity contribution is 5.76. The number of hydrogen-bond acceptors (Lipinski definition) is 1. The second kappa shape index (κ2) is 14.1. The summed E-state index contributed by atoms with van der Waals surface area (Å²) in [7, 11) is 0. The molecule has 0 fully saturated rings. The van der Waals surface area contributed by atoms with E-state index in [2.05, 4.69) is 33.0 Å². The summed E-state index contributed by atoms with van der Waals surface area (Å²) in [6, 6.07) is 0. The van der Waals surface area contributed by atoms with Crippen molar-refractivity contribution in [2.45, 2.75) is 111 Å². The van der Waals surface area contributed by atoms with E-state index in [1.165, 1.54) is 70.6 Å². The Morgan fingerprint density at radius 3 is 1.55 bits per heavy atom. The lowest BCUT2D eigenvalue weighted by Gasteiger charge is -2.17. The van der Waals surface area contributed by atoms with Gasteiger partial charge in [-0.25, -0.2) is 0 Å². The molecule has 0 heterocycles. The Bertz CT molecular complexity index is 255. The smallest absolute Gasteiger partial charge is 0.220 e. The fourth-order valence-electron chi connectivity index (χ4n) is 2.74. The van der Waals surface area contributed by atoms with Gasteiger partial charge in [-0.05, 0) is 11.8 Å². The minimum absolute atomic E-state index is 0.0978. The topological polar surface area (TPSA) is 29.1 Å². The van der Waals surface area contributed by atoms with Gasteiger partial charge >= 0.3 is 0 Å². The molecule has 0 bridgehead atoms. The number of amides is 1. The van der Waals surface area contributed by atoms with E-state index in [4.69, 9.17) is 0 Å². The van der Waals surface area contributed by atoms with Crippen molar-refractivity contribution >= 4 is 5.91 Å². The number of rotatable bonds is 14. The van der Waals surface area contributed by atoms with Crippen LogP contribution < -0.4 is 5.32 Å². The standard InChI is InChI=1S/C20H41NO/c1-5-6-7-8-9-10-11-12-13-14-15-16-17-21-19(22)18-20(2,3)4/h5-18H2,1-4H3,(H,21,22). The van der Waals surface area contributed by atoms with Crippen molar-refractivity contribution in [1.82, 2.24) is 5.32 Å². The third kappa shape index (κ3) is 17.5. The molecule has 0 spiro atoms.